The van der Waals surface area contributed by atoms with E-state index in [4.69, 9.17) is 9.26 Å². The fraction of sp³-hybridized carbons (Fsp3) is 0.444. The second-order valence-corrected chi connectivity index (χ2v) is 7.45. The zero-order valence-electron chi connectivity index (χ0n) is 14.5. The van der Waals surface area contributed by atoms with Crippen molar-refractivity contribution in [2.24, 2.45) is 0 Å². The maximum atomic E-state index is 12.3. The summed E-state index contributed by atoms with van der Waals surface area (Å²) in [6.07, 6.45) is 0. The molecule has 2 aromatic rings. The van der Waals surface area contributed by atoms with Crippen molar-refractivity contribution in [3.63, 3.8) is 0 Å². The van der Waals surface area contributed by atoms with Crippen molar-refractivity contribution in [2.45, 2.75) is 20.4 Å². The fourth-order valence-electron chi connectivity index (χ4n) is 2.87. The van der Waals surface area contributed by atoms with Crippen molar-refractivity contribution in [1.82, 2.24) is 15.0 Å². The van der Waals surface area contributed by atoms with Crippen LogP contribution in [0.25, 0.3) is 0 Å². The van der Waals surface area contributed by atoms with Gasteiger partial charge in [0.05, 0.1) is 5.69 Å². The molecule has 0 spiro atoms. The van der Waals surface area contributed by atoms with Crippen LogP contribution in [0.5, 0.6) is 5.75 Å². The van der Waals surface area contributed by atoms with Gasteiger partial charge in [0.1, 0.15) is 11.5 Å². The Morgan fingerprint density at radius 3 is 2.48 bits per heavy atom. The zero-order chi connectivity index (χ0) is 17.8. The van der Waals surface area contributed by atoms with Crippen molar-refractivity contribution in [1.29, 1.82) is 0 Å². The maximum absolute atomic E-state index is 12.3. The van der Waals surface area contributed by atoms with Crippen LogP contribution in [0.2, 0.25) is 0 Å². The quantitative estimate of drug-likeness (QED) is 0.649. The summed E-state index contributed by atoms with van der Waals surface area (Å²) in [5.74, 6) is 1.64. The minimum absolute atomic E-state index is 0.0375. The van der Waals surface area contributed by atoms with Crippen molar-refractivity contribution in [3.05, 3.63) is 44.9 Å². The number of hydrogen-bond donors (Lipinski definition) is 0. The van der Waals surface area contributed by atoms with Crippen LogP contribution in [0.4, 0.5) is 0 Å². The Bertz CT molecular complexity index is 702. The topological polar surface area (TPSA) is 58.8 Å². The zero-order valence-corrected chi connectivity index (χ0v) is 16.7. The lowest BCUT2D eigenvalue weighted by atomic mass is 10.2. The van der Waals surface area contributed by atoms with E-state index in [9.17, 15) is 4.79 Å². The number of ether oxygens (including phenoxy) is 1. The van der Waals surface area contributed by atoms with E-state index in [-0.39, 0.29) is 12.5 Å². The van der Waals surface area contributed by atoms with Gasteiger partial charge in [-0.2, -0.15) is 0 Å². The lowest BCUT2D eigenvalue weighted by Gasteiger charge is -2.34. The molecule has 3 rings (SSSR count). The summed E-state index contributed by atoms with van der Waals surface area (Å²) in [5.41, 5.74) is 2.10. The summed E-state index contributed by atoms with van der Waals surface area (Å²) in [5, 5.41) is 4.00. The number of aryl methyl sites for hydroxylation is 2. The third-order valence-corrected chi connectivity index (χ3v) is 5.18. The Morgan fingerprint density at radius 2 is 1.88 bits per heavy atom. The summed E-state index contributed by atoms with van der Waals surface area (Å²) in [6.45, 7) is 7.95. The molecule has 1 saturated heterocycles. The summed E-state index contributed by atoms with van der Waals surface area (Å²) in [6, 6.07) is 7.70. The SMILES string of the molecule is Cc1noc(C)c1CN1CCN(C(=O)COc2ccc(I)cc2)CC1. The van der Waals surface area contributed by atoms with E-state index in [1.54, 1.807) is 0 Å². The highest BCUT2D eigenvalue weighted by Crippen LogP contribution is 2.17. The summed E-state index contributed by atoms with van der Waals surface area (Å²) in [4.78, 5) is 16.5. The normalized spacial score (nSPS) is 15.4. The number of nitrogens with zero attached hydrogens (tertiary/aromatic N) is 3. The second-order valence-electron chi connectivity index (χ2n) is 6.20. The molecule has 1 fully saturated rings. The van der Waals surface area contributed by atoms with Crippen molar-refractivity contribution < 1.29 is 14.1 Å². The molecule has 0 bridgehead atoms. The number of piperazine rings is 1. The first-order chi connectivity index (χ1) is 12.0. The van der Waals surface area contributed by atoms with Crippen LogP contribution in [-0.4, -0.2) is 53.6 Å². The molecule has 7 heteroatoms. The summed E-state index contributed by atoms with van der Waals surface area (Å²) >= 11 is 2.24. The fourth-order valence-corrected chi connectivity index (χ4v) is 3.23. The molecule has 1 aromatic heterocycles. The number of halogens is 1. The average molecular weight is 455 g/mol. The minimum atomic E-state index is 0.0375. The van der Waals surface area contributed by atoms with E-state index in [0.29, 0.717) is 0 Å². The molecule has 0 aliphatic carbocycles. The highest BCUT2D eigenvalue weighted by Gasteiger charge is 2.23. The van der Waals surface area contributed by atoms with Gasteiger partial charge in [-0.05, 0) is 60.7 Å². The molecule has 1 aromatic carbocycles. The predicted octanol–water partition coefficient (Wildman–Crippen LogP) is 2.62. The molecule has 0 unspecified atom stereocenters. The first-order valence-electron chi connectivity index (χ1n) is 8.33. The van der Waals surface area contributed by atoms with E-state index < -0.39 is 0 Å². The highest BCUT2D eigenvalue weighted by molar-refractivity contribution is 14.1. The van der Waals surface area contributed by atoms with Crippen LogP contribution in [0.1, 0.15) is 17.0 Å². The predicted molar refractivity (Wildman–Crippen MR) is 102 cm³/mol. The number of amides is 1. The molecule has 0 saturated carbocycles. The van der Waals surface area contributed by atoms with Gasteiger partial charge in [-0.1, -0.05) is 5.16 Å². The molecule has 0 atom stereocenters. The first-order valence-corrected chi connectivity index (χ1v) is 9.41. The Hall–Kier alpha value is -1.61. The second kappa shape index (κ2) is 8.18. The Labute approximate surface area is 161 Å². The average Bonchev–Trinajstić information content (AvgIpc) is 2.93. The standard InChI is InChI=1S/C18H22IN3O3/c1-13-17(14(2)25-20-13)11-21-7-9-22(10-8-21)18(23)12-24-16-5-3-15(19)4-6-16/h3-6H,7-12H2,1-2H3. The molecule has 1 aliphatic heterocycles. The maximum Gasteiger partial charge on any atom is 0.260 e. The number of benzene rings is 1. The number of hydrogen-bond acceptors (Lipinski definition) is 5. The number of carbonyl (C=O) groups excluding carboxylic acids is 1. The smallest absolute Gasteiger partial charge is 0.260 e. The van der Waals surface area contributed by atoms with Gasteiger partial charge in [-0.3, -0.25) is 9.69 Å². The molecule has 1 aliphatic rings. The van der Waals surface area contributed by atoms with E-state index in [0.717, 1.165) is 59.1 Å². The van der Waals surface area contributed by atoms with E-state index >= 15 is 0 Å². The van der Waals surface area contributed by atoms with Crippen molar-refractivity contribution in [2.75, 3.05) is 32.8 Å². The van der Waals surface area contributed by atoms with E-state index in [1.807, 2.05) is 43.0 Å². The van der Waals surface area contributed by atoms with Crippen molar-refractivity contribution >= 4 is 28.5 Å². The Balaban J connectivity index is 1.45. The Morgan fingerprint density at radius 1 is 1.20 bits per heavy atom. The number of carbonyl (C=O) groups is 1. The molecular weight excluding hydrogens is 433 g/mol. The molecule has 6 nitrogen and oxygen atoms in total. The van der Waals surface area contributed by atoms with Gasteiger partial charge in [0.25, 0.3) is 5.91 Å². The van der Waals surface area contributed by atoms with E-state index in [1.165, 1.54) is 0 Å². The van der Waals surface area contributed by atoms with Crippen LogP contribution in [0.15, 0.2) is 28.8 Å². The van der Waals surface area contributed by atoms with Crippen LogP contribution >= 0.6 is 22.6 Å². The lowest BCUT2D eigenvalue weighted by Crippen LogP contribution is -2.49. The molecule has 0 N–H and O–H groups in total. The molecule has 2 heterocycles. The van der Waals surface area contributed by atoms with Crippen molar-refractivity contribution in [3.8, 4) is 5.75 Å². The van der Waals surface area contributed by atoms with E-state index in [2.05, 4.69) is 32.6 Å². The lowest BCUT2D eigenvalue weighted by molar-refractivity contribution is -0.135. The van der Waals surface area contributed by atoms with Gasteiger partial charge in [0.2, 0.25) is 0 Å². The van der Waals surface area contributed by atoms with Crippen LogP contribution in [0, 0.1) is 17.4 Å². The van der Waals surface area contributed by atoms with Gasteiger partial charge in [-0.15, -0.1) is 0 Å². The first kappa shape index (κ1) is 18.2. The number of rotatable bonds is 5. The monoisotopic (exact) mass is 455 g/mol. The van der Waals surface area contributed by atoms with Crippen LogP contribution < -0.4 is 4.74 Å². The molecule has 1 amide bonds. The van der Waals surface area contributed by atoms with Gasteiger partial charge in [-0.25, -0.2) is 0 Å². The minimum Gasteiger partial charge on any atom is -0.484 e. The number of aromatic nitrogens is 1. The van der Waals surface area contributed by atoms with Gasteiger partial charge >= 0.3 is 0 Å². The van der Waals surface area contributed by atoms with Crippen LogP contribution in [0.3, 0.4) is 0 Å². The molecule has 134 valence electrons. The molecule has 25 heavy (non-hydrogen) atoms. The third kappa shape index (κ3) is 4.72. The molecular formula is C18H22IN3O3. The summed E-state index contributed by atoms with van der Waals surface area (Å²) < 4.78 is 12.0. The van der Waals surface area contributed by atoms with Gasteiger partial charge in [0, 0.05) is 41.9 Å². The largest absolute Gasteiger partial charge is 0.484 e. The highest BCUT2D eigenvalue weighted by atomic mass is 127. The van der Waals surface area contributed by atoms with Crippen LogP contribution in [-0.2, 0) is 11.3 Å². The third-order valence-electron chi connectivity index (χ3n) is 4.46. The molecule has 0 radical (unpaired) electrons. The Kier molecular flexibility index (Phi) is 5.95. The van der Waals surface area contributed by atoms with Gasteiger partial charge in [0.15, 0.2) is 6.61 Å². The summed E-state index contributed by atoms with van der Waals surface area (Å²) in [7, 11) is 0. The van der Waals surface area contributed by atoms with Gasteiger partial charge < -0.3 is 14.2 Å².